The zero-order valence-corrected chi connectivity index (χ0v) is 47.8. The molecule has 0 rings (SSSR count). The Kier molecular flexibility index (Phi) is 58.2. The summed E-state index contributed by atoms with van der Waals surface area (Å²) in [6.45, 7) is 6.51. The summed E-state index contributed by atoms with van der Waals surface area (Å²) in [5.74, 6) is -0.889. The second kappa shape index (κ2) is 60.2. The highest BCUT2D eigenvalue weighted by atomic mass is 16.6. The number of unbranched alkanes of at least 4 members (excludes halogenated alkanes) is 41. The average molecular weight is 998 g/mol. The highest BCUT2D eigenvalue weighted by molar-refractivity contribution is 5.71. The summed E-state index contributed by atoms with van der Waals surface area (Å²) in [6.07, 6.45) is 73.8. The molecule has 0 heterocycles. The Balaban J connectivity index is 3.82. The van der Waals surface area contributed by atoms with E-state index in [4.69, 9.17) is 14.2 Å². The van der Waals surface area contributed by atoms with Crippen molar-refractivity contribution < 1.29 is 28.6 Å². The molecule has 0 aliphatic carbocycles. The van der Waals surface area contributed by atoms with Crippen molar-refractivity contribution in [3.63, 3.8) is 0 Å². The zero-order chi connectivity index (χ0) is 51.4. The summed E-state index contributed by atoms with van der Waals surface area (Å²) in [7, 11) is 0. The Morgan fingerprint density at radius 2 is 0.535 bits per heavy atom. The van der Waals surface area contributed by atoms with Crippen molar-refractivity contribution in [2.24, 2.45) is 0 Å². The van der Waals surface area contributed by atoms with Gasteiger partial charge in [-0.2, -0.15) is 0 Å². The normalized spacial score (nSPS) is 12.2. The standard InChI is InChI=1S/C65H120O6/c1-4-7-10-13-15-17-19-21-22-23-24-25-26-27-28-29-30-31-32-33-34-35-36-37-38-39-40-41-42-44-45-47-49-52-55-58-64(67)70-61-62(60-69-63(66)57-54-51-12-9-6-3)71-65(68)59-56-53-50-48-46-43-20-18-16-14-11-8-5-2/h11,14,18,20,23-24,62H,4-10,12-13,15-17,19,21-22,25-61H2,1-3H3/b14-11-,20-18-,24-23-. The van der Waals surface area contributed by atoms with Crippen molar-refractivity contribution in [1.29, 1.82) is 0 Å². The van der Waals surface area contributed by atoms with Crippen molar-refractivity contribution in [3.05, 3.63) is 36.5 Å². The van der Waals surface area contributed by atoms with Gasteiger partial charge in [-0.05, 0) is 70.6 Å². The molecule has 6 heteroatoms. The van der Waals surface area contributed by atoms with Gasteiger partial charge < -0.3 is 14.2 Å². The van der Waals surface area contributed by atoms with Crippen molar-refractivity contribution in [3.8, 4) is 0 Å². The van der Waals surface area contributed by atoms with E-state index < -0.39 is 6.10 Å². The molecule has 0 amide bonds. The monoisotopic (exact) mass is 997 g/mol. The third-order valence-electron chi connectivity index (χ3n) is 14.1. The molecular weight excluding hydrogens is 877 g/mol. The van der Waals surface area contributed by atoms with E-state index in [1.807, 2.05) is 0 Å². The van der Waals surface area contributed by atoms with Crippen molar-refractivity contribution >= 4 is 17.9 Å². The number of rotatable bonds is 58. The van der Waals surface area contributed by atoms with Gasteiger partial charge in [0.15, 0.2) is 6.10 Å². The number of hydrogen-bond donors (Lipinski definition) is 0. The maximum Gasteiger partial charge on any atom is 0.306 e. The predicted octanol–water partition coefficient (Wildman–Crippen LogP) is 21.2. The van der Waals surface area contributed by atoms with Crippen LogP contribution in [0, 0.1) is 0 Å². The molecule has 416 valence electrons. The first-order chi connectivity index (χ1) is 35.0. The molecule has 6 nitrogen and oxygen atoms in total. The third-order valence-corrected chi connectivity index (χ3v) is 14.1. The minimum atomic E-state index is -0.772. The van der Waals surface area contributed by atoms with E-state index in [1.54, 1.807) is 0 Å². The molecule has 0 radical (unpaired) electrons. The summed E-state index contributed by atoms with van der Waals surface area (Å²) in [5.41, 5.74) is 0. The molecule has 0 aromatic rings. The molecule has 0 aliphatic rings. The summed E-state index contributed by atoms with van der Waals surface area (Å²) in [5, 5.41) is 0. The Hall–Kier alpha value is -2.37. The van der Waals surface area contributed by atoms with E-state index in [2.05, 4.69) is 57.2 Å². The van der Waals surface area contributed by atoms with Gasteiger partial charge in [0.25, 0.3) is 0 Å². The zero-order valence-electron chi connectivity index (χ0n) is 47.8. The van der Waals surface area contributed by atoms with Gasteiger partial charge in [-0.3, -0.25) is 14.4 Å². The van der Waals surface area contributed by atoms with Gasteiger partial charge in [-0.15, -0.1) is 0 Å². The van der Waals surface area contributed by atoms with Crippen LogP contribution in [0.5, 0.6) is 0 Å². The smallest absolute Gasteiger partial charge is 0.306 e. The van der Waals surface area contributed by atoms with E-state index in [0.717, 1.165) is 96.3 Å². The molecule has 0 bridgehead atoms. The van der Waals surface area contributed by atoms with E-state index >= 15 is 0 Å². The molecule has 0 aliphatic heterocycles. The Morgan fingerprint density at radius 3 is 0.845 bits per heavy atom. The third kappa shape index (κ3) is 58.4. The van der Waals surface area contributed by atoms with Crippen LogP contribution in [0.3, 0.4) is 0 Å². The van der Waals surface area contributed by atoms with Crippen molar-refractivity contribution in [2.75, 3.05) is 13.2 Å². The molecule has 0 aromatic heterocycles. The maximum absolute atomic E-state index is 12.7. The second-order valence-electron chi connectivity index (χ2n) is 21.3. The molecule has 1 atom stereocenters. The lowest BCUT2D eigenvalue weighted by Gasteiger charge is -2.18. The fraction of sp³-hybridized carbons (Fsp3) is 0.862. The Labute approximate surface area is 442 Å². The van der Waals surface area contributed by atoms with Crippen LogP contribution in [0.2, 0.25) is 0 Å². The first kappa shape index (κ1) is 68.6. The summed E-state index contributed by atoms with van der Waals surface area (Å²) < 4.78 is 16.7. The van der Waals surface area contributed by atoms with E-state index in [1.165, 1.54) is 205 Å². The highest BCUT2D eigenvalue weighted by Crippen LogP contribution is 2.18. The summed E-state index contributed by atoms with van der Waals surface area (Å²) in [4.78, 5) is 37.7. The number of hydrogen-bond acceptors (Lipinski definition) is 6. The molecule has 1 unspecified atom stereocenters. The molecule has 0 N–H and O–H groups in total. The van der Waals surface area contributed by atoms with Gasteiger partial charge in [0.1, 0.15) is 13.2 Å². The predicted molar refractivity (Wildman–Crippen MR) is 307 cm³/mol. The molecular formula is C65H120O6. The number of allylic oxidation sites excluding steroid dienone is 6. The summed E-state index contributed by atoms with van der Waals surface area (Å²) in [6, 6.07) is 0. The lowest BCUT2D eigenvalue weighted by atomic mass is 10.0. The molecule has 0 fully saturated rings. The quantitative estimate of drug-likeness (QED) is 0.0261. The fourth-order valence-corrected chi connectivity index (χ4v) is 9.36. The first-order valence-corrected chi connectivity index (χ1v) is 31.5. The van der Waals surface area contributed by atoms with Crippen molar-refractivity contribution in [2.45, 2.75) is 348 Å². The van der Waals surface area contributed by atoms with Crippen LogP contribution in [0.4, 0.5) is 0 Å². The fourth-order valence-electron chi connectivity index (χ4n) is 9.36. The largest absolute Gasteiger partial charge is 0.462 e. The van der Waals surface area contributed by atoms with Gasteiger partial charge in [-0.1, -0.05) is 288 Å². The molecule has 71 heavy (non-hydrogen) atoms. The minimum Gasteiger partial charge on any atom is -0.462 e. The van der Waals surface area contributed by atoms with Gasteiger partial charge in [0.05, 0.1) is 0 Å². The van der Waals surface area contributed by atoms with Crippen LogP contribution in [-0.2, 0) is 28.6 Å². The Bertz CT molecular complexity index is 1190. The van der Waals surface area contributed by atoms with Gasteiger partial charge >= 0.3 is 17.9 Å². The van der Waals surface area contributed by atoms with Crippen LogP contribution < -0.4 is 0 Å². The molecule has 0 aromatic carbocycles. The first-order valence-electron chi connectivity index (χ1n) is 31.5. The van der Waals surface area contributed by atoms with Gasteiger partial charge in [0, 0.05) is 19.3 Å². The van der Waals surface area contributed by atoms with E-state index in [0.29, 0.717) is 19.3 Å². The van der Waals surface area contributed by atoms with Crippen LogP contribution in [-0.4, -0.2) is 37.2 Å². The Morgan fingerprint density at radius 1 is 0.282 bits per heavy atom. The van der Waals surface area contributed by atoms with E-state index in [9.17, 15) is 14.4 Å². The lowest BCUT2D eigenvalue weighted by Crippen LogP contribution is -2.30. The number of ether oxygens (including phenoxy) is 3. The van der Waals surface area contributed by atoms with Crippen LogP contribution in [0.15, 0.2) is 36.5 Å². The SMILES string of the molecule is CCC/C=C\C/C=C\CCCCCCCC(=O)OC(COC(=O)CCCCCCC)COC(=O)CCCCCCCCCCCCCCCCCCCCCCCCC/C=C\CCCCCCCCCC. The topological polar surface area (TPSA) is 78.9 Å². The molecule has 0 spiro atoms. The minimum absolute atomic E-state index is 0.0746. The van der Waals surface area contributed by atoms with E-state index in [-0.39, 0.29) is 31.1 Å². The van der Waals surface area contributed by atoms with Crippen LogP contribution >= 0.6 is 0 Å². The van der Waals surface area contributed by atoms with Crippen molar-refractivity contribution in [1.82, 2.24) is 0 Å². The summed E-state index contributed by atoms with van der Waals surface area (Å²) >= 11 is 0. The second-order valence-corrected chi connectivity index (χ2v) is 21.3. The number of esters is 3. The molecule has 0 saturated heterocycles. The van der Waals surface area contributed by atoms with Gasteiger partial charge in [-0.25, -0.2) is 0 Å². The van der Waals surface area contributed by atoms with Gasteiger partial charge in [0.2, 0.25) is 0 Å². The molecule has 0 saturated carbocycles. The highest BCUT2D eigenvalue weighted by Gasteiger charge is 2.19. The average Bonchev–Trinajstić information content (AvgIpc) is 3.37. The number of carbonyl (C=O) groups excluding carboxylic acids is 3. The van der Waals surface area contributed by atoms with Crippen LogP contribution in [0.25, 0.3) is 0 Å². The number of carbonyl (C=O) groups is 3. The lowest BCUT2D eigenvalue weighted by molar-refractivity contribution is -0.167. The van der Waals surface area contributed by atoms with Crippen LogP contribution in [0.1, 0.15) is 342 Å². The maximum atomic E-state index is 12.7.